The Morgan fingerprint density at radius 1 is 1.08 bits per heavy atom. The van der Waals surface area contributed by atoms with E-state index < -0.39 is 0 Å². The summed E-state index contributed by atoms with van der Waals surface area (Å²) in [5.41, 5.74) is 3.23. The standard InChI is InChI=1S/C14H15N3.C5H4N2/c1-10-9-13(11-7-8-11)17-14(15-10)16-12-5-3-2-4-6-12;6-5-7-3-1-2-4-7/h2-6,9,11H,7-8H2,1H3,(H,15,16,17);1-4H. The van der Waals surface area contributed by atoms with Gasteiger partial charge in [-0.1, -0.05) is 18.2 Å². The second kappa shape index (κ2) is 7.42. The fraction of sp³-hybridized carbons (Fsp3) is 0.211. The summed E-state index contributed by atoms with van der Waals surface area (Å²) in [6.45, 7) is 2.02. The highest BCUT2D eigenvalue weighted by Gasteiger charge is 2.25. The van der Waals surface area contributed by atoms with E-state index in [1.54, 1.807) is 12.4 Å². The number of anilines is 2. The zero-order valence-electron chi connectivity index (χ0n) is 13.6. The quantitative estimate of drug-likeness (QED) is 0.785. The number of hydrogen-bond donors (Lipinski definition) is 1. The number of benzene rings is 1. The average Bonchev–Trinajstić information content (AvgIpc) is 3.31. The Morgan fingerprint density at radius 2 is 1.79 bits per heavy atom. The first kappa shape index (κ1) is 15.8. The summed E-state index contributed by atoms with van der Waals surface area (Å²) in [4.78, 5) is 8.99. The third-order valence-electron chi connectivity index (χ3n) is 3.62. The molecule has 0 saturated heterocycles. The van der Waals surface area contributed by atoms with Crippen molar-refractivity contribution >= 4 is 11.6 Å². The van der Waals surface area contributed by atoms with Crippen LogP contribution in [0.5, 0.6) is 0 Å². The molecule has 1 aliphatic carbocycles. The molecule has 24 heavy (non-hydrogen) atoms. The van der Waals surface area contributed by atoms with E-state index in [4.69, 9.17) is 5.26 Å². The van der Waals surface area contributed by atoms with E-state index in [0.717, 1.165) is 11.4 Å². The number of para-hydroxylation sites is 1. The van der Waals surface area contributed by atoms with Gasteiger partial charge in [0.15, 0.2) is 6.19 Å². The van der Waals surface area contributed by atoms with Crippen LogP contribution in [0.2, 0.25) is 0 Å². The van der Waals surface area contributed by atoms with E-state index in [1.807, 2.05) is 55.6 Å². The number of rotatable bonds is 3. The number of aryl methyl sites for hydroxylation is 1. The number of nitrogens with zero attached hydrogens (tertiary/aromatic N) is 4. The van der Waals surface area contributed by atoms with E-state index in [1.165, 1.54) is 23.1 Å². The summed E-state index contributed by atoms with van der Waals surface area (Å²) >= 11 is 0. The number of nitrogens with one attached hydrogen (secondary N) is 1. The highest BCUT2D eigenvalue weighted by atomic mass is 15.1. The van der Waals surface area contributed by atoms with E-state index in [9.17, 15) is 0 Å². The van der Waals surface area contributed by atoms with Crippen LogP contribution in [-0.2, 0) is 0 Å². The molecular formula is C19H19N5. The minimum atomic E-state index is 0.660. The predicted octanol–water partition coefficient (Wildman–Crippen LogP) is 4.22. The average molecular weight is 317 g/mol. The molecule has 1 aromatic carbocycles. The highest BCUT2D eigenvalue weighted by molar-refractivity contribution is 5.53. The number of nitriles is 1. The Hall–Kier alpha value is -3.13. The summed E-state index contributed by atoms with van der Waals surface area (Å²) in [5, 5.41) is 11.4. The summed E-state index contributed by atoms with van der Waals surface area (Å²) in [5.74, 6) is 1.37. The molecule has 0 aliphatic heterocycles. The molecule has 0 unspecified atom stereocenters. The van der Waals surface area contributed by atoms with Crippen LogP contribution in [0, 0.1) is 18.4 Å². The topological polar surface area (TPSA) is 66.5 Å². The molecule has 1 aliphatic rings. The minimum absolute atomic E-state index is 0.660. The zero-order chi connectivity index (χ0) is 16.8. The van der Waals surface area contributed by atoms with E-state index in [2.05, 4.69) is 21.4 Å². The predicted molar refractivity (Wildman–Crippen MR) is 93.9 cm³/mol. The van der Waals surface area contributed by atoms with Crippen molar-refractivity contribution in [3.63, 3.8) is 0 Å². The van der Waals surface area contributed by atoms with Gasteiger partial charge in [0.05, 0.1) is 0 Å². The van der Waals surface area contributed by atoms with Crippen molar-refractivity contribution < 1.29 is 0 Å². The lowest BCUT2D eigenvalue weighted by atomic mass is 10.2. The highest BCUT2D eigenvalue weighted by Crippen LogP contribution is 2.39. The zero-order valence-corrected chi connectivity index (χ0v) is 13.6. The number of hydrogen-bond acceptors (Lipinski definition) is 4. The second-order valence-corrected chi connectivity index (χ2v) is 5.71. The third-order valence-corrected chi connectivity index (χ3v) is 3.62. The Labute approximate surface area is 141 Å². The lowest BCUT2D eigenvalue weighted by Gasteiger charge is -2.07. The van der Waals surface area contributed by atoms with Crippen LogP contribution in [0.15, 0.2) is 60.9 Å². The summed E-state index contributed by atoms with van der Waals surface area (Å²) < 4.78 is 1.43. The minimum Gasteiger partial charge on any atom is -0.324 e. The van der Waals surface area contributed by atoms with Crippen LogP contribution in [0.1, 0.15) is 30.1 Å². The Morgan fingerprint density at radius 3 is 2.38 bits per heavy atom. The van der Waals surface area contributed by atoms with Gasteiger partial charge in [-0.2, -0.15) is 5.26 Å². The molecule has 2 aromatic heterocycles. The van der Waals surface area contributed by atoms with Crippen LogP contribution in [0.25, 0.3) is 0 Å². The molecule has 5 nitrogen and oxygen atoms in total. The lowest BCUT2D eigenvalue weighted by molar-refractivity contribution is 0.972. The Kier molecular flexibility index (Phi) is 4.87. The van der Waals surface area contributed by atoms with Gasteiger partial charge in [-0.25, -0.2) is 9.97 Å². The van der Waals surface area contributed by atoms with Crippen molar-refractivity contribution in [2.24, 2.45) is 0 Å². The molecule has 0 amide bonds. The van der Waals surface area contributed by atoms with Crippen molar-refractivity contribution in [1.29, 1.82) is 5.26 Å². The molecule has 1 N–H and O–H groups in total. The first-order chi connectivity index (χ1) is 11.7. The first-order valence-corrected chi connectivity index (χ1v) is 7.95. The van der Waals surface area contributed by atoms with Gasteiger partial charge in [-0.05, 0) is 50.1 Å². The molecule has 2 heterocycles. The largest absolute Gasteiger partial charge is 0.324 e. The van der Waals surface area contributed by atoms with Crippen LogP contribution in [-0.4, -0.2) is 14.5 Å². The molecule has 0 atom stereocenters. The van der Waals surface area contributed by atoms with Gasteiger partial charge in [-0.15, -0.1) is 0 Å². The van der Waals surface area contributed by atoms with E-state index >= 15 is 0 Å². The van der Waals surface area contributed by atoms with Gasteiger partial charge in [0.2, 0.25) is 5.95 Å². The molecular weight excluding hydrogens is 298 g/mol. The van der Waals surface area contributed by atoms with Crippen molar-refractivity contribution in [3.05, 3.63) is 72.3 Å². The summed E-state index contributed by atoms with van der Waals surface area (Å²) in [6, 6.07) is 15.7. The van der Waals surface area contributed by atoms with Crippen molar-refractivity contribution in [2.75, 3.05) is 5.32 Å². The normalized spacial score (nSPS) is 12.7. The van der Waals surface area contributed by atoms with Gasteiger partial charge in [-0.3, -0.25) is 4.57 Å². The molecule has 3 aromatic rings. The van der Waals surface area contributed by atoms with Gasteiger partial charge in [0.1, 0.15) is 0 Å². The maximum Gasteiger partial charge on any atom is 0.227 e. The molecule has 0 radical (unpaired) electrons. The molecule has 1 saturated carbocycles. The SMILES string of the molecule is Cc1cc(C2CC2)nc(Nc2ccccc2)n1.N#Cn1cccc1. The maximum absolute atomic E-state index is 8.14. The van der Waals surface area contributed by atoms with Crippen LogP contribution in [0.4, 0.5) is 11.6 Å². The number of aromatic nitrogens is 3. The maximum atomic E-state index is 8.14. The fourth-order valence-electron chi connectivity index (χ4n) is 2.29. The van der Waals surface area contributed by atoms with Crippen molar-refractivity contribution in [2.45, 2.75) is 25.7 Å². The van der Waals surface area contributed by atoms with Crippen LogP contribution in [0.3, 0.4) is 0 Å². The molecule has 1 fully saturated rings. The summed E-state index contributed by atoms with van der Waals surface area (Å²) in [7, 11) is 0. The smallest absolute Gasteiger partial charge is 0.227 e. The third kappa shape index (κ3) is 4.43. The lowest BCUT2D eigenvalue weighted by Crippen LogP contribution is -2.01. The second-order valence-electron chi connectivity index (χ2n) is 5.71. The summed E-state index contributed by atoms with van der Waals surface area (Å²) in [6.07, 6.45) is 7.84. The fourth-order valence-corrected chi connectivity index (χ4v) is 2.29. The van der Waals surface area contributed by atoms with Crippen molar-refractivity contribution in [3.8, 4) is 6.19 Å². The molecule has 0 bridgehead atoms. The van der Waals surface area contributed by atoms with Gasteiger partial charge < -0.3 is 5.32 Å². The van der Waals surface area contributed by atoms with E-state index in [0.29, 0.717) is 11.9 Å². The van der Waals surface area contributed by atoms with Gasteiger partial charge in [0, 0.05) is 35.4 Å². The van der Waals surface area contributed by atoms with Crippen LogP contribution < -0.4 is 5.32 Å². The molecule has 120 valence electrons. The first-order valence-electron chi connectivity index (χ1n) is 7.95. The molecule has 0 spiro atoms. The van der Waals surface area contributed by atoms with Gasteiger partial charge >= 0.3 is 0 Å². The Bertz CT molecular complexity index is 815. The van der Waals surface area contributed by atoms with Crippen LogP contribution >= 0.6 is 0 Å². The van der Waals surface area contributed by atoms with Crippen molar-refractivity contribution in [1.82, 2.24) is 14.5 Å². The molecule has 4 rings (SSSR count). The molecule has 5 heteroatoms. The monoisotopic (exact) mass is 317 g/mol. The van der Waals surface area contributed by atoms with E-state index in [-0.39, 0.29) is 0 Å². The Balaban J connectivity index is 0.000000203. The van der Waals surface area contributed by atoms with Gasteiger partial charge in [0.25, 0.3) is 0 Å².